The zero-order valence-electron chi connectivity index (χ0n) is 10.9. The summed E-state index contributed by atoms with van der Waals surface area (Å²) in [5.41, 5.74) is 7.15. The van der Waals surface area contributed by atoms with Gasteiger partial charge in [0, 0.05) is 6.04 Å². The Morgan fingerprint density at radius 3 is 1.94 bits per heavy atom. The van der Waals surface area contributed by atoms with Crippen molar-refractivity contribution in [1.82, 2.24) is 0 Å². The van der Waals surface area contributed by atoms with Crippen molar-refractivity contribution < 1.29 is 9.47 Å². The number of nitrogens with two attached hydrogens (primary N) is 1. The Labute approximate surface area is 110 Å². The normalized spacial score (nSPS) is 11.9. The van der Waals surface area contributed by atoms with Crippen LogP contribution in [0.25, 0.3) is 0 Å². The molecule has 0 fully saturated rings. The Kier molecular flexibility index (Phi) is 7.00. The molecule has 0 aliphatic heterocycles. The SMILES string of the molecule is COc1cccc(OC)c1[C@H](N)CC(C)C.Cl. The highest BCUT2D eigenvalue weighted by atomic mass is 35.5. The molecule has 1 atom stereocenters. The molecule has 0 heterocycles. The standard InChI is InChI=1S/C13H21NO2.ClH/c1-9(2)8-10(14)13-11(15-3)6-5-7-12(13)16-4;/h5-7,9-10H,8,14H2,1-4H3;1H/t10-;/m1./s1. The smallest absolute Gasteiger partial charge is 0.127 e. The molecule has 2 N–H and O–H groups in total. The van der Waals surface area contributed by atoms with E-state index in [9.17, 15) is 0 Å². The number of rotatable bonds is 5. The van der Waals surface area contributed by atoms with Crippen LogP contribution in [0.15, 0.2) is 18.2 Å². The first kappa shape index (κ1) is 16.1. The molecule has 0 aliphatic carbocycles. The van der Waals surface area contributed by atoms with Crippen LogP contribution in [0.5, 0.6) is 11.5 Å². The van der Waals surface area contributed by atoms with E-state index in [1.165, 1.54) is 0 Å². The Morgan fingerprint density at radius 2 is 1.59 bits per heavy atom. The molecule has 0 aliphatic rings. The van der Waals surface area contributed by atoms with Crippen molar-refractivity contribution in [2.75, 3.05) is 14.2 Å². The van der Waals surface area contributed by atoms with Crippen LogP contribution < -0.4 is 15.2 Å². The predicted octanol–water partition coefficient (Wildman–Crippen LogP) is 3.17. The monoisotopic (exact) mass is 259 g/mol. The minimum Gasteiger partial charge on any atom is -0.496 e. The fraction of sp³-hybridized carbons (Fsp3) is 0.538. The van der Waals surface area contributed by atoms with Crippen LogP contribution in [0.3, 0.4) is 0 Å². The van der Waals surface area contributed by atoms with Crippen molar-refractivity contribution in [3.05, 3.63) is 23.8 Å². The molecule has 0 amide bonds. The molecule has 98 valence electrons. The van der Waals surface area contributed by atoms with E-state index in [1.807, 2.05) is 18.2 Å². The second-order valence-corrected chi connectivity index (χ2v) is 4.31. The quantitative estimate of drug-likeness (QED) is 0.883. The zero-order valence-corrected chi connectivity index (χ0v) is 11.7. The van der Waals surface area contributed by atoms with Crippen LogP contribution in [-0.2, 0) is 0 Å². The van der Waals surface area contributed by atoms with Crippen molar-refractivity contribution in [3.8, 4) is 11.5 Å². The largest absolute Gasteiger partial charge is 0.496 e. The number of ether oxygens (including phenoxy) is 2. The highest BCUT2D eigenvalue weighted by molar-refractivity contribution is 5.85. The van der Waals surface area contributed by atoms with E-state index < -0.39 is 0 Å². The molecular weight excluding hydrogens is 238 g/mol. The van der Waals surface area contributed by atoms with Gasteiger partial charge in [-0.05, 0) is 24.5 Å². The summed E-state index contributed by atoms with van der Waals surface area (Å²) in [4.78, 5) is 0. The van der Waals surface area contributed by atoms with Crippen LogP contribution in [-0.4, -0.2) is 14.2 Å². The second kappa shape index (κ2) is 7.41. The zero-order chi connectivity index (χ0) is 12.1. The molecule has 0 bridgehead atoms. The number of benzene rings is 1. The molecule has 0 aromatic heterocycles. The predicted molar refractivity (Wildman–Crippen MR) is 73.2 cm³/mol. The fourth-order valence-electron chi connectivity index (χ4n) is 1.87. The Morgan fingerprint density at radius 1 is 1.12 bits per heavy atom. The minimum absolute atomic E-state index is 0. The molecule has 0 saturated carbocycles. The van der Waals surface area contributed by atoms with E-state index in [4.69, 9.17) is 15.2 Å². The third kappa shape index (κ3) is 4.10. The number of hydrogen-bond donors (Lipinski definition) is 1. The molecule has 17 heavy (non-hydrogen) atoms. The Bertz CT molecular complexity index is 320. The third-order valence-electron chi connectivity index (χ3n) is 2.56. The Hall–Kier alpha value is -0.930. The molecule has 3 nitrogen and oxygen atoms in total. The second-order valence-electron chi connectivity index (χ2n) is 4.31. The van der Waals surface area contributed by atoms with Crippen molar-refractivity contribution in [2.24, 2.45) is 11.7 Å². The number of halogens is 1. The molecule has 0 radical (unpaired) electrons. The highest BCUT2D eigenvalue weighted by Crippen LogP contribution is 2.35. The van der Waals surface area contributed by atoms with Crippen LogP contribution >= 0.6 is 12.4 Å². The molecule has 1 aromatic rings. The van der Waals surface area contributed by atoms with Gasteiger partial charge in [-0.2, -0.15) is 0 Å². The first-order chi connectivity index (χ1) is 7.60. The van der Waals surface area contributed by atoms with E-state index in [0.717, 1.165) is 23.5 Å². The maximum Gasteiger partial charge on any atom is 0.127 e. The lowest BCUT2D eigenvalue weighted by atomic mass is 9.96. The van der Waals surface area contributed by atoms with Gasteiger partial charge in [0.15, 0.2) is 0 Å². The molecule has 4 heteroatoms. The lowest BCUT2D eigenvalue weighted by Gasteiger charge is -2.20. The number of methoxy groups -OCH3 is 2. The lowest BCUT2D eigenvalue weighted by molar-refractivity contribution is 0.371. The van der Waals surface area contributed by atoms with E-state index in [1.54, 1.807) is 14.2 Å². The van der Waals surface area contributed by atoms with Crippen LogP contribution in [0, 0.1) is 5.92 Å². The molecule has 1 rings (SSSR count). The number of hydrogen-bond acceptors (Lipinski definition) is 3. The minimum atomic E-state index is -0.0499. The maximum absolute atomic E-state index is 6.19. The van der Waals surface area contributed by atoms with E-state index >= 15 is 0 Å². The highest BCUT2D eigenvalue weighted by Gasteiger charge is 2.18. The van der Waals surface area contributed by atoms with Gasteiger partial charge in [-0.15, -0.1) is 12.4 Å². The summed E-state index contributed by atoms with van der Waals surface area (Å²) >= 11 is 0. The summed E-state index contributed by atoms with van der Waals surface area (Å²) in [5, 5.41) is 0. The summed E-state index contributed by atoms with van der Waals surface area (Å²) in [6, 6.07) is 5.69. The molecule has 0 unspecified atom stereocenters. The Balaban J connectivity index is 0.00000256. The fourth-order valence-corrected chi connectivity index (χ4v) is 1.87. The van der Waals surface area contributed by atoms with Crippen molar-refractivity contribution >= 4 is 12.4 Å². The van der Waals surface area contributed by atoms with Gasteiger partial charge in [-0.1, -0.05) is 19.9 Å². The molecule has 0 saturated heterocycles. The third-order valence-corrected chi connectivity index (χ3v) is 2.56. The van der Waals surface area contributed by atoms with E-state index in [0.29, 0.717) is 5.92 Å². The first-order valence-corrected chi connectivity index (χ1v) is 5.56. The van der Waals surface area contributed by atoms with Crippen molar-refractivity contribution in [2.45, 2.75) is 26.3 Å². The summed E-state index contributed by atoms with van der Waals surface area (Å²) in [5.74, 6) is 2.14. The summed E-state index contributed by atoms with van der Waals surface area (Å²) in [7, 11) is 3.31. The van der Waals surface area contributed by atoms with Crippen LogP contribution in [0.4, 0.5) is 0 Å². The summed E-state index contributed by atoms with van der Waals surface area (Å²) < 4.78 is 10.7. The van der Waals surface area contributed by atoms with Crippen LogP contribution in [0.1, 0.15) is 31.9 Å². The van der Waals surface area contributed by atoms with Gasteiger partial charge >= 0.3 is 0 Å². The van der Waals surface area contributed by atoms with Gasteiger partial charge in [0.2, 0.25) is 0 Å². The van der Waals surface area contributed by atoms with Gasteiger partial charge < -0.3 is 15.2 Å². The van der Waals surface area contributed by atoms with Gasteiger partial charge in [-0.3, -0.25) is 0 Å². The lowest BCUT2D eigenvalue weighted by Crippen LogP contribution is -2.15. The summed E-state index contributed by atoms with van der Waals surface area (Å²) in [6.07, 6.45) is 0.913. The van der Waals surface area contributed by atoms with Gasteiger partial charge in [0.1, 0.15) is 11.5 Å². The average Bonchev–Trinajstić information content (AvgIpc) is 2.26. The van der Waals surface area contributed by atoms with Gasteiger partial charge in [0.25, 0.3) is 0 Å². The topological polar surface area (TPSA) is 44.5 Å². The molecule has 1 aromatic carbocycles. The summed E-state index contributed by atoms with van der Waals surface area (Å²) in [6.45, 7) is 4.31. The molecular formula is C13H22ClNO2. The molecule has 0 spiro atoms. The van der Waals surface area contributed by atoms with Crippen LogP contribution in [0.2, 0.25) is 0 Å². The maximum atomic E-state index is 6.19. The van der Waals surface area contributed by atoms with E-state index in [-0.39, 0.29) is 18.4 Å². The van der Waals surface area contributed by atoms with Crippen molar-refractivity contribution in [1.29, 1.82) is 0 Å². The van der Waals surface area contributed by atoms with E-state index in [2.05, 4.69) is 13.8 Å². The van der Waals surface area contributed by atoms with Gasteiger partial charge in [-0.25, -0.2) is 0 Å². The van der Waals surface area contributed by atoms with Gasteiger partial charge in [0.05, 0.1) is 19.8 Å². The first-order valence-electron chi connectivity index (χ1n) is 5.56. The van der Waals surface area contributed by atoms with Crippen molar-refractivity contribution in [3.63, 3.8) is 0 Å². The average molecular weight is 260 g/mol.